The van der Waals surface area contributed by atoms with E-state index in [0.29, 0.717) is 6.42 Å². The molecule has 0 atom stereocenters. The second-order valence-electron chi connectivity index (χ2n) is 4.50. The molecule has 0 bridgehead atoms. The van der Waals surface area contributed by atoms with Crippen molar-refractivity contribution < 1.29 is 4.79 Å². The lowest BCUT2D eigenvalue weighted by molar-refractivity contribution is 0.0982. The Morgan fingerprint density at radius 1 is 1.17 bits per heavy atom. The van der Waals surface area contributed by atoms with E-state index in [1.54, 1.807) is 6.20 Å². The van der Waals surface area contributed by atoms with E-state index in [-0.39, 0.29) is 5.78 Å². The minimum Gasteiger partial charge on any atom is -0.294 e. The molecule has 2 aromatic rings. The number of benzene rings is 1. The molecule has 0 unspecified atom stereocenters. The third-order valence-corrected chi connectivity index (χ3v) is 3.99. The molecule has 1 aromatic carbocycles. The number of ketones is 1. The zero-order valence-electron chi connectivity index (χ0n) is 9.90. The smallest absolute Gasteiger partial charge is 0.166 e. The normalized spacial score (nSPS) is 15.3. The van der Waals surface area contributed by atoms with E-state index in [1.165, 1.54) is 0 Å². The fourth-order valence-electron chi connectivity index (χ4n) is 2.39. The van der Waals surface area contributed by atoms with Crippen LogP contribution in [0.1, 0.15) is 35.3 Å². The lowest BCUT2D eigenvalue weighted by Crippen LogP contribution is -2.05. The van der Waals surface area contributed by atoms with Crippen molar-refractivity contribution in [1.29, 1.82) is 0 Å². The van der Waals surface area contributed by atoms with Gasteiger partial charge in [0, 0.05) is 10.9 Å². The van der Waals surface area contributed by atoms with Gasteiger partial charge in [-0.25, -0.2) is 4.68 Å². The molecule has 1 aliphatic carbocycles. The van der Waals surface area contributed by atoms with Crippen LogP contribution in [-0.4, -0.2) is 15.6 Å². The third-order valence-electron chi connectivity index (χ3n) is 3.32. The first-order valence-corrected chi connectivity index (χ1v) is 6.91. The molecule has 18 heavy (non-hydrogen) atoms. The van der Waals surface area contributed by atoms with Gasteiger partial charge in [-0.1, -0.05) is 12.1 Å². The lowest BCUT2D eigenvalue weighted by Gasteiger charge is -2.09. The second kappa shape index (κ2) is 4.69. The van der Waals surface area contributed by atoms with Crippen LogP contribution in [0.5, 0.6) is 0 Å². The van der Waals surface area contributed by atoms with Crippen LogP contribution in [-0.2, 0) is 6.42 Å². The highest BCUT2D eigenvalue weighted by Gasteiger charge is 2.21. The summed E-state index contributed by atoms with van der Waals surface area (Å²) in [5.74, 6) is 0.223. The van der Waals surface area contributed by atoms with Crippen molar-refractivity contribution in [3.63, 3.8) is 0 Å². The molecule has 0 saturated heterocycles. The third kappa shape index (κ3) is 1.90. The van der Waals surface area contributed by atoms with Crippen molar-refractivity contribution in [2.45, 2.75) is 25.7 Å². The largest absolute Gasteiger partial charge is 0.294 e. The predicted molar refractivity (Wildman–Crippen MR) is 73.1 cm³/mol. The van der Waals surface area contributed by atoms with Crippen molar-refractivity contribution in [2.75, 3.05) is 0 Å². The summed E-state index contributed by atoms with van der Waals surface area (Å²) < 4.78 is 2.88. The number of hydrogen-bond donors (Lipinski definition) is 0. The Morgan fingerprint density at radius 3 is 2.78 bits per heavy atom. The Kier molecular flexibility index (Phi) is 3.04. The maximum atomic E-state index is 12.0. The number of Topliss-reactive ketones (excluding diaryl/α,β-unsaturated/α-hetero) is 1. The molecule has 0 radical (unpaired) electrons. The van der Waals surface area contributed by atoms with E-state index in [2.05, 4.69) is 21.0 Å². The molecule has 0 spiro atoms. The van der Waals surface area contributed by atoms with Gasteiger partial charge in [0.1, 0.15) is 0 Å². The molecule has 1 aliphatic rings. The van der Waals surface area contributed by atoms with E-state index < -0.39 is 0 Å². The van der Waals surface area contributed by atoms with Crippen LogP contribution < -0.4 is 0 Å². The van der Waals surface area contributed by atoms with Crippen LogP contribution in [0.3, 0.4) is 0 Å². The SMILES string of the molecule is O=C1CCCCc2c1cnn2-c1ccccc1Br. The van der Waals surface area contributed by atoms with Crippen LogP contribution in [0.25, 0.3) is 5.69 Å². The van der Waals surface area contributed by atoms with Gasteiger partial charge in [0.2, 0.25) is 0 Å². The van der Waals surface area contributed by atoms with E-state index in [1.807, 2.05) is 28.9 Å². The van der Waals surface area contributed by atoms with Gasteiger partial charge in [0.15, 0.2) is 5.78 Å². The van der Waals surface area contributed by atoms with Crippen LogP contribution in [0.4, 0.5) is 0 Å². The van der Waals surface area contributed by atoms with Crippen molar-refractivity contribution in [2.24, 2.45) is 0 Å². The molecule has 0 fully saturated rings. The molecular formula is C14H13BrN2O. The van der Waals surface area contributed by atoms with Crippen molar-refractivity contribution >= 4 is 21.7 Å². The van der Waals surface area contributed by atoms with E-state index in [4.69, 9.17) is 0 Å². The number of fused-ring (bicyclic) bond motifs is 1. The summed E-state index contributed by atoms with van der Waals surface area (Å²) >= 11 is 3.53. The number of rotatable bonds is 1. The van der Waals surface area contributed by atoms with Gasteiger partial charge in [0.05, 0.1) is 23.1 Å². The molecule has 1 heterocycles. The minimum absolute atomic E-state index is 0.223. The summed E-state index contributed by atoms with van der Waals surface area (Å²) in [5.41, 5.74) is 2.83. The van der Waals surface area contributed by atoms with Crippen LogP contribution >= 0.6 is 15.9 Å². The van der Waals surface area contributed by atoms with Gasteiger partial charge >= 0.3 is 0 Å². The summed E-state index contributed by atoms with van der Waals surface area (Å²) in [6.07, 6.45) is 5.30. The fraction of sp³-hybridized carbons (Fsp3) is 0.286. The highest BCUT2D eigenvalue weighted by Crippen LogP contribution is 2.26. The van der Waals surface area contributed by atoms with Crippen LogP contribution in [0.15, 0.2) is 34.9 Å². The quantitative estimate of drug-likeness (QED) is 0.755. The average Bonchev–Trinajstić information content (AvgIpc) is 2.70. The monoisotopic (exact) mass is 304 g/mol. The second-order valence-corrected chi connectivity index (χ2v) is 5.35. The molecule has 4 heteroatoms. The van der Waals surface area contributed by atoms with Crippen molar-refractivity contribution in [3.8, 4) is 5.69 Å². The summed E-state index contributed by atoms with van der Waals surface area (Å²) in [5, 5.41) is 4.39. The molecule has 0 N–H and O–H groups in total. The number of hydrogen-bond acceptors (Lipinski definition) is 2. The summed E-state index contributed by atoms with van der Waals surface area (Å²) in [6.45, 7) is 0. The number of carbonyl (C=O) groups is 1. The molecule has 3 rings (SSSR count). The Labute approximate surface area is 114 Å². The van der Waals surface area contributed by atoms with Gasteiger partial charge in [0.25, 0.3) is 0 Å². The molecule has 0 saturated carbocycles. The fourth-order valence-corrected chi connectivity index (χ4v) is 2.84. The Hall–Kier alpha value is -1.42. The summed E-state index contributed by atoms with van der Waals surface area (Å²) in [7, 11) is 0. The number of aromatic nitrogens is 2. The average molecular weight is 305 g/mol. The molecular weight excluding hydrogens is 292 g/mol. The van der Waals surface area contributed by atoms with Gasteiger partial charge in [-0.3, -0.25) is 4.79 Å². The highest BCUT2D eigenvalue weighted by atomic mass is 79.9. The minimum atomic E-state index is 0.223. The Balaban J connectivity index is 2.15. The number of halogens is 1. The number of nitrogens with zero attached hydrogens (tertiary/aromatic N) is 2. The van der Waals surface area contributed by atoms with Crippen LogP contribution in [0, 0.1) is 0 Å². The Morgan fingerprint density at radius 2 is 1.94 bits per heavy atom. The maximum Gasteiger partial charge on any atom is 0.166 e. The summed E-state index contributed by atoms with van der Waals surface area (Å²) in [6, 6.07) is 7.95. The number of para-hydroxylation sites is 1. The number of carbonyl (C=O) groups excluding carboxylic acids is 1. The topological polar surface area (TPSA) is 34.9 Å². The van der Waals surface area contributed by atoms with E-state index in [9.17, 15) is 4.79 Å². The standard InChI is InChI=1S/C14H13BrN2O/c15-11-5-1-2-7-13(11)17-12-6-3-4-8-14(18)10(12)9-16-17/h1-2,5,7,9H,3-4,6,8H2. The zero-order chi connectivity index (χ0) is 12.5. The molecule has 3 nitrogen and oxygen atoms in total. The van der Waals surface area contributed by atoms with E-state index in [0.717, 1.165) is 40.7 Å². The lowest BCUT2D eigenvalue weighted by atomic mass is 10.1. The highest BCUT2D eigenvalue weighted by molar-refractivity contribution is 9.10. The van der Waals surface area contributed by atoms with E-state index >= 15 is 0 Å². The van der Waals surface area contributed by atoms with Crippen molar-refractivity contribution in [1.82, 2.24) is 9.78 Å². The first-order valence-electron chi connectivity index (χ1n) is 6.12. The molecule has 0 amide bonds. The first kappa shape index (κ1) is 11.7. The van der Waals surface area contributed by atoms with Gasteiger partial charge in [-0.15, -0.1) is 0 Å². The molecule has 0 aliphatic heterocycles. The first-order chi connectivity index (χ1) is 8.77. The van der Waals surface area contributed by atoms with Gasteiger partial charge in [-0.05, 0) is 47.3 Å². The van der Waals surface area contributed by atoms with Gasteiger partial charge in [-0.2, -0.15) is 5.10 Å². The Bertz CT molecular complexity index is 604. The van der Waals surface area contributed by atoms with Crippen LogP contribution in [0.2, 0.25) is 0 Å². The maximum absolute atomic E-state index is 12.0. The molecule has 92 valence electrons. The summed E-state index contributed by atoms with van der Waals surface area (Å²) in [4.78, 5) is 12.0. The molecule has 1 aromatic heterocycles. The van der Waals surface area contributed by atoms with Gasteiger partial charge < -0.3 is 0 Å². The predicted octanol–water partition coefficient (Wildman–Crippen LogP) is 3.54. The van der Waals surface area contributed by atoms with Crippen molar-refractivity contribution in [3.05, 3.63) is 46.2 Å². The zero-order valence-corrected chi connectivity index (χ0v) is 11.5.